The number of rotatable bonds is 6. The van der Waals surface area contributed by atoms with Gasteiger partial charge in [-0.3, -0.25) is 4.79 Å². The van der Waals surface area contributed by atoms with E-state index in [1.807, 2.05) is 13.0 Å². The van der Waals surface area contributed by atoms with Crippen LogP contribution in [0.25, 0.3) is 0 Å². The van der Waals surface area contributed by atoms with E-state index in [9.17, 15) is 9.90 Å². The predicted octanol–water partition coefficient (Wildman–Crippen LogP) is 3.33. The van der Waals surface area contributed by atoms with Gasteiger partial charge < -0.3 is 10.0 Å². The molecule has 0 spiro atoms. The lowest BCUT2D eigenvalue weighted by molar-refractivity contribution is -0.118. The molecule has 0 unspecified atom stereocenters. The summed E-state index contributed by atoms with van der Waals surface area (Å²) < 4.78 is 0. The number of phenols is 1. The lowest BCUT2D eigenvalue weighted by atomic mass is 10.2. The molecule has 0 saturated carbocycles. The molecule has 0 atom stereocenters. The zero-order chi connectivity index (χ0) is 12.7. The number of unbranched alkanes of at least 4 members (excludes halogenated alkanes) is 2. The molecule has 0 aliphatic heterocycles. The van der Waals surface area contributed by atoms with Crippen LogP contribution in [0.1, 0.15) is 39.5 Å². The predicted molar refractivity (Wildman–Crippen MR) is 70.3 cm³/mol. The number of nitrogens with zero attached hydrogens (tertiary/aromatic N) is 1. The normalized spacial score (nSPS) is 10.2. The molecule has 1 amide bonds. The Morgan fingerprint density at radius 3 is 2.65 bits per heavy atom. The Bertz CT molecular complexity index is 363. The van der Waals surface area contributed by atoms with Gasteiger partial charge in [0.15, 0.2) is 0 Å². The van der Waals surface area contributed by atoms with Gasteiger partial charge in [0.25, 0.3) is 0 Å². The van der Waals surface area contributed by atoms with E-state index >= 15 is 0 Å². The molecule has 0 bridgehead atoms. The number of carbonyl (C=O) groups excluding carboxylic acids is 1. The van der Waals surface area contributed by atoms with Crippen molar-refractivity contribution in [2.75, 3.05) is 11.4 Å². The molecule has 0 fully saturated rings. The number of benzene rings is 1. The summed E-state index contributed by atoms with van der Waals surface area (Å²) in [5.74, 6) is 0.328. The third-order valence-electron chi connectivity index (χ3n) is 2.75. The highest BCUT2D eigenvalue weighted by Gasteiger charge is 2.13. The summed E-state index contributed by atoms with van der Waals surface area (Å²) in [7, 11) is 0. The van der Waals surface area contributed by atoms with Crippen molar-refractivity contribution in [2.24, 2.45) is 0 Å². The van der Waals surface area contributed by atoms with E-state index in [0.717, 1.165) is 24.9 Å². The third-order valence-corrected chi connectivity index (χ3v) is 2.75. The minimum atomic E-state index is 0.131. The van der Waals surface area contributed by atoms with E-state index < -0.39 is 0 Å². The molecule has 3 nitrogen and oxygen atoms in total. The first kappa shape index (κ1) is 13.6. The topological polar surface area (TPSA) is 40.5 Å². The molecule has 1 rings (SSSR count). The molecule has 0 aromatic heterocycles. The minimum absolute atomic E-state index is 0.131. The van der Waals surface area contributed by atoms with Gasteiger partial charge >= 0.3 is 0 Å². The molecule has 0 aliphatic rings. The first-order valence-corrected chi connectivity index (χ1v) is 6.28. The van der Waals surface area contributed by atoms with Crippen molar-refractivity contribution in [3.8, 4) is 5.75 Å². The summed E-state index contributed by atoms with van der Waals surface area (Å²) >= 11 is 0. The first-order chi connectivity index (χ1) is 8.19. The average molecular weight is 235 g/mol. The van der Waals surface area contributed by atoms with E-state index in [4.69, 9.17) is 0 Å². The number of phenolic OH excluding ortho intramolecular Hbond substituents is 1. The largest absolute Gasteiger partial charge is 0.508 e. The Labute approximate surface area is 103 Å². The van der Waals surface area contributed by atoms with Crippen LogP contribution < -0.4 is 4.90 Å². The Hall–Kier alpha value is -1.51. The molecule has 94 valence electrons. The van der Waals surface area contributed by atoms with E-state index in [-0.39, 0.29) is 11.7 Å². The quantitative estimate of drug-likeness (QED) is 0.768. The minimum Gasteiger partial charge on any atom is -0.508 e. The van der Waals surface area contributed by atoms with E-state index in [1.165, 1.54) is 0 Å². The Morgan fingerprint density at radius 2 is 2.06 bits per heavy atom. The summed E-state index contributed by atoms with van der Waals surface area (Å²) in [6.07, 6.45) is 3.72. The van der Waals surface area contributed by atoms with Gasteiger partial charge in [-0.15, -0.1) is 0 Å². The summed E-state index contributed by atoms with van der Waals surface area (Å²) in [5.41, 5.74) is 0.772. The number of hydrogen-bond donors (Lipinski definition) is 1. The fourth-order valence-corrected chi connectivity index (χ4v) is 1.83. The first-order valence-electron chi connectivity index (χ1n) is 6.28. The Kier molecular flexibility index (Phi) is 5.53. The maximum atomic E-state index is 12.0. The molecule has 0 radical (unpaired) electrons. The van der Waals surface area contributed by atoms with Crippen LogP contribution in [0.5, 0.6) is 5.75 Å². The molecule has 17 heavy (non-hydrogen) atoms. The maximum absolute atomic E-state index is 12.0. The summed E-state index contributed by atoms with van der Waals surface area (Å²) in [6.45, 7) is 4.70. The number of hydrogen-bond acceptors (Lipinski definition) is 2. The van der Waals surface area contributed by atoms with E-state index in [0.29, 0.717) is 13.0 Å². The highest BCUT2D eigenvalue weighted by atomic mass is 16.3. The zero-order valence-electron chi connectivity index (χ0n) is 10.6. The van der Waals surface area contributed by atoms with Gasteiger partial charge in [-0.2, -0.15) is 0 Å². The fourth-order valence-electron chi connectivity index (χ4n) is 1.83. The molecule has 0 aliphatic carbocycles. The maximum Gasteiger partial charge on any atom is 0.226 e. The molecule has 0 saturated heterocycles. The van der Waals surface area contributed by atoms with Crippen molar-refractivity contribution >= 4 is 11.6 Å². The summed E-state index contributed by atoms with van der Waals surface area (Å²) in [5, 5.41) is 9.42. The molecule has 1 aromatic rings. The van der Waals surface area contributed by atoms with Crippen molar-refractivity contribution in [1.82, 2.24) is 0 Å². The van der Waals surface area contributed by atoms with Crippen LogP contribution in [0, 0.1) is 0 Å². The molecule has 1 aromatic carbocycles. The highest BCUT2D eigenvalue weighted by molar-refractivity contribution is 5.93. The zero-order valence-corrected chi connectivity index (χ0v) is 10.6. The molecular weight excluding hydrogens is 214 g/mol. The summed E-state index contributed by atoms with van der Waals surface area (Å²) in [6, 6.07) is 6.84. The van der Waals surface area contributed by atoms with Crippen molar-refractivity contribution < 1.29 is 9.90 Å². The third kappa shape index (κ3) is 4.10. The average Bonchev–Trinajstić information content (AvgIpc) is 2.30. The number of amides is 1. The van der Waals surface area contributed by atoms with Crippen molar-refractivity contribution in [3.63, 3.8) is 0 Å². The van der Waals surface area contributed by atoms with Crippen LogP contribution in [0.15, 0.2) is 24.3 Å². The SMILES string of the molecule is CCCCCC(=O)N(CC)c1cccc(O)c1. The molecular formula is C14H21NO2. The number of carbonyl (C=O) groups is 1. The second kappa shape index (κ2) is 6.94. The Balaban J connectivity index is 2.67. The second-order valence-corrected chi connectivity index (χ2v) is 4.11. The van der Waals surface area contributed by atoms with Crippen LogP contribution in [0.3, 0.4) is 0 Å². The lowest BCUT2D eigenvalue weighted by Crippen LogP contribution is -2.30. The second-order valence-electron chi connectivity index (χ2n) is 4.11. The van der Waals surface area contributed by atoms with Crippen molar-refractivity contribution in [3.05, 3.63) is 24.3 Å². The van der Waals surface area contributed by atoms with Crippen LogP contribution >= 0.6 is 0 Å². The van der Waals surface area contributed by atoms with Gasteiger partial charge in [-0.25, -0.2) is 0 Å². The molecule has 1 N–H and O–H groups in total. The van der Waals surface area contributed by atoms with E-state index in [2.05, 4.69) is 6.92 Å². The smallest absolute Gasteiger partial charge is 0.226 e. The van der Waals surface area contributed by atoms with Gasteiger partial charge in [0, 0.05) is 24.7 Å². The molecule has 3 heteroatoms. The number of anilines is 1. The van der Waals surface area contributed by atoms with Gasteiger partial charge in [-0.1, -0.05) is 25.8 Å². The fraction of sp³-hybridized carbons (Fsp3) is 0.500. The standard InChI is InChI=1S/C14H21NO2/c1-3-5-6-10-14(17)15(4-2)12-8-7-9-13(16)11-12/h7-9,11,16H,3-6,10H2,1-2H3. The Morgan fingerprint density at radius 1 is 1.29 bits per heavy atom. The van der Waals surface area contributed by atoms with Gasteiger partial charge in [0.05, 0.1) is 0 Å². The summed E-state index contributed by atoms with van der Waals surface area (Å²) in [4.78, 5) is 13.7. The van der Waals surface area contributed by atoms with Crippen LogP contribution in [0.2, 0.25) is 0 Å². The van der Waals surface area contributed by atoms with E-state index in [1.54, 1.807) is 23.1 Å². The monoisotopic (exact) mass is 235 g/mol. The van der Waals surface area contributed by atoms with Crippen LogP contribution in [0.4, 0.5) is 5.69 Å². The van der Waals surface area contributed by atoms with Gasteiger partial charge in [-0.05, 0) is 25.5 Å². The van der Waals surface area contributed by atoms with Crippen molar-refractivity contribution in [1.29, 1.82) is 0 Å². The lowest BCUT2D eigenvalue weighted by Gasteiger charge is -2.21. The highest BCUT2D eigenvalue weighted by Crippen LogP contribution is 2.21. The number of aromatic hydroxyl groups is 1. The van der Waals surface area contributed by atoms with Gasteiger partial charge in [0.1, 0.15) is 5.75 Å². The van der Waals surface area contributed by atoms with Crippen molar-refractivity contribution in [2.45, 2.75) is 39.5 Å². The van der Waals surface area contributed by atoms with Crippen LogP contribution in [-0.4, -0.2) is 17.6 Å². The van der Waals surface area contributed by atoms with Gasteiger partial charge in [0.2, 0.25) is 5.91 Å². The molecule has 0 heterocycles. The van der Waals surface area contributed by atoms with Crippen LogP contribution in [-0.2, 0) is 4.79 Å².